The first kappa shape index (κ1) is 17.1. The summed E-state index contributed by atoms with van der Waals surface area (Å²) in [6.07, 6.45) is 3.77. The number of hydrogen-bond donors (Lipinski definition) is 1. The van der Waals surface area contributed by atoms with Crippen LogP contribution < -0.4 is 5.32 Å². The first-order chi connectivity index (χ1) is 12.0. The summed E-state index contributed by atoms with van der Waals surface area (Å²) in [6.45, 7) is 1.66. The SMILES string of the molecule is CC1=C(C(=O)OC2CCCC2)C(c2cccc([N+](=O)[O-])c2)CC(=O)N1. The molecular formula is C18H20N2O5. The van der Waals surface area contributed by atoms with Gasteiger partial charge in [-0.15, -0.1) is 0 Å². The summed E-state index contributed by atoms with van der Waals surface area (Å²) in [5, 5.41) is 13.7. The summed E-state index contributed by atoms with van der Waals surface area (Å²) >= 11 is 0. The van der Waals surface area contributed by atoms with Crippen LogP contribution in [0.3, 0.4) is 0 Å². The Kier molecular flexibility index (Phi) is 4.83. The Balaban J connectivity index is 1.93. The zero-order chi connectivity index (χ0) is 18.0. The van der Waals surface area contributed by atoms with Crippen molar-refractivity contribution in [1.82, 2.24) is 5.32 Å². The Morgan fingerprint density at radius 1 is 1.32 bits per heavy atom. The second-order valence-corrected chi connectivity index (χ2v) is 6.51. The van der Waals surface area contributed by atoms with Crippen LogP contribution in [0.4, 0.5) is 5.69 Å². The minimum absolute atomic E-state index is 0.0631. The molecule has 0 aromatic heterocycles. The molecule has 25 heavy (non-hydrogen) atoms. The van der Waals surface area contributed by atoms with E-state index in [0.717, 1.165) is 25.7 Å². The van der Waals surface area contributed by atoms with Gasteiger partial charge in [0.05, 0.1) is 10.5 Å². The number of benzene rings is 1. The average molecular weight is 344 g/mol. The first-order valence-electron chi connectivity index (χ1n) is 8.41. The van der Waals surface area contributed by atoms with Crippen LogP contribution in [0.25, 0.3) is 0 Å². The van der Waals surface area contributed by atoms with Crippen LogP contribution in [-0.4, -0.2) is 22.9 Å². The Bertz CT molecular complexity index is 750. The van der Waals surface area contributed by atoms with E-state index in [-0.39, 0.29) is 24.1 Å². The lowest BCUT2D eigenvalue weighted by atomic mass is 9.84. The highest BCUT2D eigenvalue weighted by Crippen LogP contribution is 2.35. The van der Waals surface area contributed by atoms with Gasteiger partial charge in [0.1, 0.15) is 6.10 Å². The van der Waals surface area contributed by atoms with Crippen LogP contribution >= 0.6 is 0 Å². The van der Waals surface area contributed by atoms with E-state index in [1.807, 2.05) is 0 Å². The summed E-state index contributed by atoms with van der Waals surface area (Å²) in [7, 11) is 0. The Morgan fingerprint density at radius 2 is 2.04 bits per heavy atom. The van der Waals surface area contributed by atoms with Gasteiger partial charge in [0.15, 0.2) is 0 Å². The molecule has 1 fully saturated rings. The Morgan fingerprint density at radius 3 is 2.72 bits per heavy atom. The zero-order valence-electron chi connectivity index (χ0n) is 14.0. The van der Waals surface area contributed by atoms with Crippen molar-refractivity contribution in [2.24, 2.45) is 0 Å². The first-order valence-corrected chi connectivity index (χ1v) is 8.41. The quantitative estimate of drug-likeness (QED) is 0.514. The molecule has 1 atom stereocenters. The molecule has 0 saturated heterocycles. The molecule has 132 valence electrons. The van der Waals surface area contributed by atoms with Crippen molar-refractivity contribution in [2.45, 2.75) is 51.0 Å². The Labute approximate surface area is 145 Å². The molecule has 1 aromatic carbocycles. The molecule has 1 N–H and O–H groups in total. The molecule has 1 unspecified atom stereocenters. The molecule has 1 saturated carbocycles. The predicted molar refractivity (Wildman–Crippen MR) is 89.6 cm³/mol. The number of ether oxygens (including phenoxy) is 1. The molecule has 3 rings (SSSR count). The maximum absolute atomic E-state index is 12.7. The van der Waals surface area contributed by atoms with Crippen molar-refractivity contribution in [3.8, 4) is 0 Å². The van der Waals surface area contributed by atoms with Gasteiger partial charge in [-0.05, 0) is 38.2 Å². The molecule has 1 aliphatic carbocycles. The fraction of sp³-hybridized carbons (Fsp3) is 0.444. The van der Waals surface area contributed by atoms with Crippen LogP contribution in [0.2, 0.25) is 0 Å². The number of amides is 1. The normalized spacial score (nSPS) is 21.2. The molecule has 1 amide bonds. The predicted octanol–water partition coefficient (Wildman–Crippen LogP) is 2.96. The van der Waals surface area contributed by atoms with Crippen molar-refractivity contribution < 1.29 is 19.2 Å². The molecular weight excluding hydrogens is 324 g/mol. The molecule has 1 aliphatic heterocycles. The van der Waals surface area contributed by atoms with Gasteiger partial charge in [0, 0.05) is 30.2 Å². The lowest BCUT2D eigenvalue weighted by Crippen LogP contribution is -2.35. The smallest absolute Gasteiger partial charge is 0.336 e. The molecule has 1 aromatic rings. The van der Waals surface area contributed by atoms with Crippen molar-refractivity contribution in [3.05, 3.63) is 51.2 Å². The highest BCUT2D eigenvalue weighted by Gasteiger charge is 2.34. The monoisotopic (exact) mass is 344 g/mol. The highest BCUT2D eigenvalue weighted by atomic mass is 16.6. The largest absolute Gasteiger partial charge is 0.459 e. The summed E-state index contributed by atoms with van der Waals surface area (Å²) in [5.41, 5.74) is 1.34. The molecule has 0 spiro atoms. The molecule has 0 radical (unpaired) electrons. The van der Waals surface area contributed by atoms with Gasteiger partial charge < -0.3 is 10.1 Å². The summed E-state index contributed by atoms with van der Waals surface area (Å²) in [6, 6.07) is 6.07. The molecule has 2 aliphatic rings. The number of carbonyl (C=O) groups is 2. The van der Waals surface area contributed by atoms with Gasteiger partial charge in [-0.25, -0.2) is 4.79 Å². The lowest BCUT2D eigenvalue weighted by molar-refractivity contribution is -0.384. The topological polar surface area (TPSA) is 98.5 Å². The number of nitro benzene ring substituents is 1. The van der Waals surface area contributed by atoms with Crippen LogP contribution in [0, 0.1) is 10.1 Å². The van der Waals surface area contributed by atoms with E-state index in [1.165, 1.54) is 12.1 Å². The number of nitrogens with zero attached hydrogens (tertiary/aromatic N) is 1. The second-order valence-electron chi connectivity index (χ2n) is 6.51. The van der Waals surface area contributed by atoms with E-state index in [9.17, 15) is 19.7 Å². The maximum atomic E-state index is 12.7. The number of nitrogens with one attached hydrogen (secondary N) is 1. The highest BCUT2D eigenvalue weighted by molar-refractivity contribution is 5.96. The summed E-state index contributed by atoms with van der Waals surface area (Å²) in [5.74, 6) is -1.20. The van der Waals surface area contributed by atoms with E-state index in [0.29, 0.717) is 16.8 Å². The van der Waals surface area contributed by atoms with Crippen LogP contribution in [-0.2, 0) is 14.3 Å². The molecule has 7 nitrogen and oxygen atoms in total. The molecule has 7 heteroatoms. The van der Waals surface area contributed by atoms with E-state index in [2.05, 4.69) is 5.32 Å². The minimum atomic E-state index is -0.539. The van der Waals surface area contributed by atoms with Gasteiger partial charge in [0.25, 0.3) is 5.69 Å². The van der Waals surface area contributed by atoms with E-state index < -0.39 is 16.8 Å². The number of esters is 1. The number of carbonyl (C=O) groups excluding carboxylic acids is 2. The average Bonchev–Trinajstić information content (AvgIpc) is 3.07. The number of allylic oxidation sites excluding steroid dienone is 1. The van der Waals surface area contributed by atoms with Crippen molar-refractivity contribution in [3.63, 3.8) is 0 Å². The maximum Gasteiger partial charge on any atom is 0.336 e. The fourth-order valence-electron chi connectivity index (χ4n) is 3.53. The number of non-ortho nitro benzene ring substituents is 1. The van der Waals surface area contributed by atoms with Crippen LogP contribution in [0.5, 0.6) is 0 Å². The number of rotatable bonds is 4. The lowest BCUT2D eigenvalue weighted by Gasteiger charge is -2.27. The second kappa shape index (κ2) is 7.04. The van der Waals surface area contributed by atoms with Crippen molar-refractivity contribution in [1.29, 1.82) is 0 Å². The summed E-state index contributed by atoms with van der Waals surface area (Å²) in [4.78, 5) is 35.2. The summed E-state index contributed by atoms with van der Waals surface area (Å²) < 4.78 is 5.60. The minimum Gasteiger partial charge on any atom is -0.459 e. The fourth-order valence-corrected chi connectivity index (χ4v) is 3.53. The van der Waals surface area contributed by atoms with Crippen LogP contribution in [0.1, 0.15) is 50.5 Å². The third kappa shape index (κ3) is 3.70. The van der Waals surface area contributed by atoms with Crippen molar-refractivity contribution in [2.75, 3.05) is 0 Å². The third-order valence-electron chi connectivity index (χ3n) is 4.75. The van der Waals surface area contributed by atoms with Crippen molar-refractivity contribution >= 4 is 17.6 Å². The standard InChI is InChI=1S/C18H20N2O5/c1-11-17(18(22)25-14-7-2-3-8-14)15(10-16(21)19-11)12-5-4-6-13(9-12)20(23)24/h4-6,9,14-15H,2-3,7-8,10H2,1H3,(H,19,21). The van der Waals surface area contributed by atoms with Gasteiger partial charge in [-0.1, -0.05) is 12.1 Å². The zero-order valence-corrected chi connectivity index (χ0v) is 14.0. The molecule has 0 bridgehead atoms. The van der Waals surface area contributed by atoms with E-state index >= 15 is 0 Å². The molecule has 1 heterocycles. The van der Waals surface area contributed by atoms with Gasteiger partial charge >= 0.3 is 5.97 Å². The third-order valence-corrected chi connectivity index (χ3v) is 4.75. The van der Waals surface area contributed by atoms with Crippen LogP contribution in [0.15, 0.2) is 35.5 Å². The van der Waals surface area contributed by atoms with Gasteiger partial charge in [0.2, 0.25) is 5.91 Å². The van der Waals surface area contributed by atoms with Gasteiger partial charge in [-0.3, -0.25) is 14.9 Å². The van der Waals surface area contributed by atoms with Gasteiger partial charge in [-0.2, -0.15) is 0 Å². The number of hydrogen-bond acceptors (Lipinski definition) is 5. The van der Waals surface area contributed by atoms with E-state index in [4.69, 9.17) is 4.74 Å². The van der Waals surface area contributed by atoms with E-state index in [1.54, 1.807) is 19.1 Å². The number of nitro groups is 1. The Hall–Kier alpha value is -2.70.